The van der Waals surface area contributed by atoms with Crippen LogP contribution in [0.5, 0.6) is 5.75 Å². The predicted octanol–water partition coefficient (Wildman–Crippen LogP) is 5.73. The zero-order valence-corrected chi connectivity index (χ0v) is 23.1. The average Bonchev–Trinajstić information content (AvgIpc) is 3.48. The van der Waals surface area contributed by atoms with Crippen molar-refractivity contribution >= 4 is 34.6 Å². The van der Waals surface area contributed by atoms with Crippen LogP contribution in [0.4, 0.5) is 5.69 Å². The minimum Gasteiger partial charge on any atom is -0.497 e. The number of rotatable bonds is 6. The Bertz CT molecular complexity index is 1610. The van der Waals surface area contributed by atoms with Crippen LogP contribution >= 0.6 is 0 Å². The lowest BCUT2D eigenvalue weighted by Crippen LogP contribution is -2.44. The first-order valence-corrected chi connectivity index (χ1v) is 14.1. The summed E-state index contributed by atoms with van der Waals surface area (Å²) in [5.74, 6) is 0.987. The highest BCUT2D eigenvalue weighted by Crippen LogP contribution is 2.65. The highest BCUT2D eigenvalue weighted by atomic mass is 16.5. The number of hydrogen-bond donors (Lipinski definition) is 2. The number of hydrogen-bond acceptors (Lipinski definition) is 5. The van der Waals surface area contributed by atoms with Crippen molar-refractivity contribution in [3.63, 3.8) is 0 Å². The number of fused-ring (bicyclic) bond motifs is 3. The van der Waals surface area contributed by atoms with Gasteiger partial charge in [0.15, 0.2) is 0 Å². The van der Waals surface area contributed by atoms with Gasteiger partial charge in [0.2, 0.25) is 5.91 Å². The number of anilines is 1. The summed E-state index contributed by atoms with van der Waals surface area (Å²) in [6.07, 6.45) is 5.52. The Hall–Kier alpha value is -3.94. The van der Waals surface area contributed by atoms with E-state index in [0.29, 0.717) is 0 Å². The molecule has 204 valence electrons. The Morgan fingerprint density at radius 1 is 1.05 bits per heavy atom. The van der Waals surface area contributed by atoms with Gasteiger partial charge in [-0.15, -0.1) is 0 Å². The lowest BCUT2D eigenvalue weighted by Gasteiger charge is -2.35. The smallest absolute Gasteiger partial charge is 0.235 e. The molecule has 7 nitrogen and oxygen atoms in total. The summed E-state index contributed by atoms with van der Waals surface area (Å²) >= 11 is 0. The van der Waals surface area contributed by atoms with Crippen LogP contribution in [0, 0.1) is 0 Å². The lowest BCUT2D eigenvalue weighted by atomic mass is 9.91. The van der Waals surface area contributed by atoms with Gasteiger partial charge in [-0.25, -0.2) is 0 Å². The van der Waals surface area contributed by atoms with Crippen LogP contribution in [0.3, 0.4) is 0 Å². The number of morpholine rings is 1. The number of H-pyrrole nitrogens is 1. The zero-order chi connectivity index (χ0) is 27.4. The fourth-order valence-corrected chi connectivity index (χ4v) is 6.68. The second kappa shape index (κ2) is 9.61. The quantitative estimate of drug-likeness (QED) is 0.330. The van der Waals surface area contributed by atoms with Gasteiger partial charge in [-0.05, 0) is 72.9 Å². The molecule has 7 heteroatoms. The number of nitrogens with one attached hydrogen (secondary N) is 2. The van der Waals surface area contributed by atoms with Gasteiger partial charge in [0, 0.05) is 36.6 Å². The summed E-state index contributed by atoms with van der Waals surface area (Å²) in [6.45, 7) is 7.16. The van der Waals surface area contributed by atoms with Crippen LogP contribution in [0.1, 0.15) is 54.1 Å². The Labute approximate surface area is 234 Å². The van der Waals surface area contributed by atoms with Crippen molar-refractivity contribution in [3.05, 3.63) is 88.6 Å². The first-order valence-electron chi connectivity index (χ1n) is 14.1. The molecule has 40 heavy (non-hydrogen) atoms. The number of benzene rings is 3. The van der Waals surface area contributed by atoms with E-state index in [4.69, 9.17) is 9.47 Å². The van der Waals surface area contributed by atoms with Crippen LogP contribution in [0.2, 0.25) is 0 Å². The van der Waals surface area contributed by atoms with Crippen LogP contribution in [0.15, 0.2) is 60.7 Å². The molecular weight excluding hydrogens is 500 g/mol. The van der Waals surface area contributed by atoms with Crippen molar-refractivity contribution in [1.29, 1.82) is 0 Å². The molecule has 7 rings (SSSR count). The van der Waals surface area contributed by atoms with E-state index in [1.807, 2.05) is 18.2 Å². The molecule has 1 aliphatic carbocycles. The SMILES string of the molecule is COc1ccc2c(c1)[C@]1(C[C@H]1c1ccc3c(/C=C/c4ccc(CN5CC(C)OC(C)C5)cc4)n[nH]c3c1)C(=O)N2. The van der Waals surface area contributed by atoms with Gasteiger partial charge < -0.3 is 14.8 Å². The van der Waals surface area contributed by atoms with E-state index in [1.54, 1.807) is 7.11 Å². The molecule has 1 aromatic heterocycles. The normalized spacial score (nSPS) is 26.0. The van der Waals surface area contributed by atoms with Gasteiger partial charge in [-0.2, -0.15) is 5.10 Å². The van der Waals surface area contributed by atoms with Crippen LogP contribution in [-0.4, -0.2) is 53.4 Å². The average molecular weight is 535 g/mol. The summed E-state index contributed by atoms with van der Waals surface area (Å²) in [6, 6.07) is 21.0. The molecular formula is C33H34N4O3. The van der Waals surface area contributed by atoms with E-state index >= 15 is 0 Å². The summed E-state index contributed by atoms with van der Waals surface area (Å²) < 4.78 is 11.3. The second-order valence-electron chi connectivity index (χ2n) is 11.5. The fraction of sp³-hybridized carbons (Fsp3) is 0.333. The topological polar surface area (TPSA) is 79.5 Å². The standard InChI is InChI=1S/C33H34N4O3/c1-20-17-37(18-21(2)40-20)19-23-6-4-22(5-7-23)8-12-29-26-11-9-24(14-31(26)36-35-29)28-16-33(28)27-15-25(39-3)10-13-30(27)34-32(33)38/h4-15,20-21,28H,16-19H2,1-3H3,(H,34,38)(H,35,36)/b12-8+/t20?,21?,28-,33-/m0/s1. The first-order chi connectivity index (χ1) is 19.4. The Balaban J connectivity index is 1.06. The van der Waals surface area contributed by atoms with Crippen molar-refractivity contribution in [2.45, 2.75) is 50.4 Å². The molecule has 4 aromatic rings. The number of carbonyl (C=O) groups excluding carboxylic acids is 1. The van der Waals surface area contributed by atoms with Gasteiger partial charge in [-0.3, -0.25) is 14.8 Å². The number of methoxy groups -OCH3 is 1. The van der Waals surface area contributed by atoms with Crippen molar-refractivity contribution < 1.29 is 14.3 Å². The molecule has 1 saturated heterocycles. The van der Waals surface area contributed by atoms with Crippen LogP contribution in [-0.2, 0) is 21.5 Å². The number of aromatic nitrogens is 2. The summed E-state index contributed by atoms with van der Waals surface area (Å²) in [7, 11) is 1.66. The fourth-order valence-electron chi connectivity index (χ4n) is 6.68. The largest absolute Gasteiger partial charge is 0.497 e. The minimum atomic E-state index is -0.509. The van der Waals surface area contributed by atoms with Gasteiger partial charge in [0.05, 0.1) is 35.9 Å². The maximum absolute atomic E-state index is 13.0. The highest BCUT2D eigenvalue weighted by molar-refractivity contribution is 6.10. The van der Waals surface area contributed by atoms with Crippen molar-refractivity contribution in [2.24, 2.45) is 0 Å². The van der Waals surface area contributed by atoms with Gasteiger partial charge in [0.25, 0.3) is 0 Å². The predicted molar refractivity (Wildman–Crippen MR) is 157 cm³/mol. The van der Waals surface area contributed by atoms with Crippen molar-refractivity contribution in [3.8, 4) is 5.75 Å². The van der Waals surface area contributed by atoms with Crippen molar-refractivity contribution in [1.82, 2.24) is 15.1 Å². The van der Waals surface area contributed by atoms with Gasteiger partial charge >= 0.3 is 0 Å². The molecule has 2 unspecified atom stereocenters. The van der Waals surface area contributed by atoms with Crippen molar-refractivity contribution in [2.75, 3.05) is 25.5 Å². The third-order valence-electron chi connectivity index (χ3n) is 8.66. The first kappa shape index (κ1) is 25.1. The molecule has 0 radical (unpaired) electrons. The Kier molecular flexibility index (Phi) is 6.02. The lowest BCUT2D eigenvalue weighted by molar-refractivity contribution is -0.118. The molecule has 2 N–H and O–H groups in total. The Morgan fingerprint density at radius 2 is 1.85 bits per heavy atom. The summed E-state index contributed by atoms with van der Waals surface area (Å²) in [4.78, 5) is 15.5. The van der Waals surface area contributed by atoms with Gasteiger partial charge in [0.1, 0.15) is 5.75 Å². The Morgan fingerprint density at radius 3 is 2.62 bits per heavy atom. The number of aromatic amines is 1. The van der Waals surface area contributed by atoms with Crippen LogP contribution < -0.4 is 10.1 Å². The molecule has 1 saturated carbocycles. The van der Waals surface area contributed by atoms with E-state index in [0.717, 1.165) is 70.8 Å². The number of nitrogens with zero attached hydrogens (tertiary/aromatic N) is 2. The monoisotopic (exact) mass is 534 g/mol. The molecule has 3 aliphatic rings. The minimum absolute atomic E-state index is 0.0779. The van der Waals surface area contributed by atoms with Gasteiger partial charge in [-0.1, -0.05) is 42.5 Å². The number of ether oxygens (including phenoxy) is 2. The molecule has 2 aliphatic heterocycles. The molecule has 4 atom stereocenters. The third-order valence-corrected chi connectivity index (χ3v) is 8.66. The molecule has 3 aromatic carbocycles. The number of amides is 1. The zero-order valence-electron chi connectivity index (χ0n) is 23.1. The number of carbonyl (C=O) groups is 1. The highest BCUT2D eigenvalue weighted by Gasteiger charge is 2.65. The third kappa shape index (κ3) is 4.30. The maximum atomic E-state index is 13.0. The molecule has 0 bridgehead atoms. The summed E-state index contributed by atoms with van der Waals surface area (Å²) in [5.41, 5.74) is 6.90. The van der Waals surface area contributed by atoms with Crippen LogP contribution in [0.25, 0.3) is 23.1 Å². The van der Waals surface area contributed by atoms with E-state index in [1.165, 1.54) is 5.56 Å². The molecule has 1 amide bonds. The maximum Gasteiger partial charge on any atom is 0.235 e. The van der Waals surface area contributed by atoms with E-state index in [2.05, 4.69) is 88.9 Å². The second-order valence-corrected chi connectivity index (χ2v) is 11.5. The summed E-state index contributed by atoms with van der Waals surface area (Å²) in [5, 5.41) is 11.9. The van der Waals surface area contributed by atoms with E-state index in [-0.39, 0.29) is 24.0 Å². The molecule has 3 heterocycles. The van der Waals surface area contributed by atoms with E-state index < -0.39 is 5.41 Å². The molecule has 2 fully saturated rings. The van der Waals surface area contributed by atoms with E-state index in [9.17, 15) is 4.79 Å². The molecule has 1 spiro atoms.